The summed E-state index contributed by atoms with van der Waals surface area (Å²) in [4.78, 5) is 30.7. The number of nitrogens with two attached hydrogens (primary N) is 1. The number of likely N-dealkylation sites (N-methyl/N-ethyl adjacent to an activating group) is 1. The van der Waals surface area contributed by atoms with Gasteiger partial charge in [-0.05, 0) is 63.2 Å². The number of nitrogens with one attached hydrogen (secondary N) is 1. The fourth-order valence-corrected chi connectivity index (χ4v) is 5.70. The van der Waals surface area contributed by atoms with Crippen LogP contribution >= 0.6 is 0 Å². The Balaban J connectivity index is 1.24. The molecule has 3 N–H and O–H groups in total. The van der Waals surface area contributed by atoms with E-state index >= 15 is 0 Å². The maximum atomic E-state index is 13.8. The SMILES string of the molecule is CC1=C(N)CC(c2ncc(-c3ccc4[nH]c([C@@H]5CCCN5C(=O)[C@@H](c5ccccc5)N(C)C)nc4c3)o2)C=C1. The van der Waals surface area contributed by atoms with Crippen molar-refractivity contribution in [3.8, 4) is 11.3 Å². The van der Waals surface area contributed by atoms with Crippen molar-refractivity contribution in [2.24, 2.45) is 5.73 Å². The number of H-pyrrole nitrogens is 1. The summed E-state index contributed by atoms with van der Waals surface area (Å²) in [6.45, 7) is 2.74. The molecule has 1 saturated heterocycles. The monoisotopic (exact) mass is 522 g/mol. The van der Waals surface area contributed by atoms with Crippen LogP contribution in [0.1, 0.15) is 61.5 Å². The van der Waals surface area contributed by atoms with E-state index in [1.807, 2.05) is 85.4 Å². The Labute approximate surface area is 228 Å². The summed E-state index contributed by atoms with van der Waals surface area (Å²) < 4.78 is 6.15. The van der Waals surface area contributed by atoms with E-state index in [0.29, 0.717) is 18.1 Å². The normalized spacial score (nSPS) is 20.4. The molecule has 8 nitrogen and oxygen atoms in total. The molecule has 1 fully saturated rings. The third-order valence-electron chi connectivity index (χ3n) is 7.87. The quantitative estimate of drug-likeness (QED) is 0.348. The number of hydrogen-bond donors (Lipinski definition) is 2. The number of rotatable bonds is 6. The van der Waals surface area contributed by atoms with Crippen LogP contribution in [0.2, 0.25) is 0 Å². The molecule has 3 heterocycles. The first kappa shape index (κ1) is 25.1. The fourth-order valence-electron chi connectivity index (χ4n) is 5.70. The lowest BCUT2D eigenvalue weighted by molar-refractivity contribution is -0.137. The van der Waals surface area contributed by atoms with Crippen LogP contribution in [0.15, 0.2) is 82.6 Å². The molecule has 200 valence electrons. The molecule has 2 aromatic heterocycles. The molecule has 2 aromatic carbocycles. The highest BCUT2D eigenvalue weighted by Gasteiger charge is 2.37. The molecular weight excluding hydrogens is 488 g/mol. The summed E-state index contributed by atoms with van der Waals surface area (Å²) in [5.41, 5.74) is 11.8. The van der Waals surface area contributed by atoms with Crippen LogP contribution in [0.25, 0.3) is 22.4 Å². The van der Waals surface area contributed by atoms with Gasteiger partial charge in [0.25, 0.3) is 0 Å². The minimum absolute atomic E-state index is 0.0379. The van der Waals surface area contributed by atoms with Crippen LogP contribution in [0.5, 0.6) is 0 Å². The van der Waals surface area contributed by atoms with Crippen molar-refractivity contribution in [1.82, 2.24) is 24.8 Å². The second-order valence-electron chi connectivity index (χ2n) is 10.8. The lowest BCUT2D eigenvalue weighted by Crippen LogP contribution is -2.40. The van der Waals surface area contributed by atoms with Gasteiger partial charge in [-0.3, -0.25) is 9.69 Å². The average Bonchev–Trinajstić information content (AvgIpc) is 3.69. The van der Waals surface area contributed by atoms with E-state index in [9.17, 15) is 4.79 Å². The zero-order valence-electron chi connectivity index (χ0n) is 22.6. The van der Waals surface area contributed by atoms with E-state index < -0.39 is 0 Å². The first-order chi connectivity index (χ1) is 18.9. The zero-order chi connectivity index (χ0) is 27.1. The number of amides is 1. The summed E-state index contributed by atoms with van der Waals surface area (Å²) >= 11 is 0. The van der Waals surface area contributed by atoms with Gasteiger partial charge in [0.15, 0.2) is 5.76 Å². The molecule has 1 aliphatic carbocycles. The van der Waals surface area contributed by atoms with E-state index in [2.05, 4.69) is 16.0 Å². The Hall–Kier alpha value is -4.17. The molecule has 1 unspecified atom stereocenters. The second kappa shape index (κ2) is 10.2. The first-order valence-corrected chi connectivity index (χ1v) is 13.5. The average molecular weight is 523 g/mol. The van der Waals surface area contributed by atoms with Gasteiger partial charge in [-0.25, -0.2) is 9.97 Å². The minimum Gasteiger partial charge on any atom is -0.440 e. The lowest BCUT2D eigenvalue weighted by Gasteiger charge is -2.31. The minimum atomic E-state index is -0.336. The highest BCUT2D eigenvalue weighted by Crippen LogP contribution is 2.36. The highest BCUT2D eigenvalue weighted by atomic mass is 16.4. The Kier molecular flexibility index (Phi) is 6.56. The number of imidazole rings is 1. The molecule has 3 atom stereocenters. The Morgan fingerprint density at radius 1 is 1.21 bits per heavy atom. The largest absolute Gasteiger partial charge is 0.440 e. The van der Waals surface area contributed by atoms with Crippen molar-refractivity contribution in [3.05, 3.63) is 95.4 Å². The molecular formula is C31H34N6O2. The predicted molar refractivity (Wildman–Crippen MR) is 152 cm³/mol. The number of benzene rings is 2. The molecule has 8 heteroatoms. The maximum absolute atomic E-state index is 13.8. The van der Waals surface area contributed by atoms with Gasteiger partial charge in [-0.1, -0.05) is 42.5 Å². The molecule has 1 aliphatic heterocycles. The van der Waals surface area contributed by atoms with Crippen molar-refractivity contribution in [2.45, 2.75) is 44.2 Å². The molecule has 0 bridgehead atoms. The van der Waals surface area contributed by atoms with Crippen LogP contribution in [0.3, 0.4) is 0 Å². The maximum Gasteiger partial charge on any atom is 0.245 e. The third kappa shape index (κ3) is 4.76. The molecule has 6 rings (SSSR count). The molecule has 4 aromatic rings. The third-order valence-corrected chi connectivity index (χ3v) is 7.87. The number of nitrogens with zero attached hydrogens (tertiary/aromatic N) is 4. The summed E-state index contributed by atoms with van der Waals surface area (Å²) in [6, 6.07) is 15.6. The van der Waals surface area contributed by atoms with E-state index in [1.165, 1.54) is 0 Å². The number of fused-ring (bicyclic) bond motifs is 1. The number of aromatic nitrogens is 3. The van der Waals surface area contributed by atoms with Crippen molar-refractivity contribution >= 4 is 16.9 Å². The van der Waals surface area contributed by atoms with Gasteiger partial charge in [-0.2, -0.15) is 0 Å². The van der Waals surface area contributed by atoms with Crippen LogP contribution in [0.4, 0.5) is 0 Å². The highest BCUT2D eigenvalue weighted by molar-refractivity contribution is 5.84. The summed E-state index contributed by atoms with van der Waals surface area (Å²) in [6.07, 6.45) is 8.43. The Morgan fingerprint density at radius 3 is 2.79 bits per heavy atom. The van der Waals surface area contributed by atoms with E-state index in [4.69, 9.17) is 15.1 Å². The van der Waals surface area contributed by atoms with Gasteiger partial charge in [0, 0.05) is 24.2 Å². The van der Waals surface area contributed by atoms with Crippen molar-refractivity contribution in [3.63, 3.8) is 0 Å². The second-order valence-corrected chi connectivity index (χ2v) is 10.8. The molecule has 2 aliphatic rings. The van der Waals surface area contributed by atoms with Gasteiger partial charge in [0.2, 0.25) is 11.8 Å². The standard InChI is InChI=1S/C31H34N6O2/c1-19-11-12-22(16-23(19)32)30-33-18-27(39-30)21-13-14-24-25(17-21)35-29(34-24)26-10-7-15-37(26)31(38)28(36(2)3)20-8-5-4-6-9-20/h4-6,8-9,11-14,17-18,22,26,28H,7,10,15-16,32H2,1-3H3,(H,34,35)/t22?,26-,28+/m0/s1. The Morgan fingerprint density at radius 2 is 2.03 bits per heavy atom. The van der Waals surface area contributed by atoms with Gasteiger partial charge in [0.05, 0.1) is 29.2 Å². The number of hydrogen-bond acceptors (Lipinski definition) is 6. The number of carbonyl (C=O) groups excluding carboxylic acids is 1. The van der Waals surface area contributed by atoms with E-state index in [1.54, 1.807) is 6.20 Å². The van der Waals surface area contributed by atoms with Gasteiger partial charge < -0.3 is 20.0 Å². The van der Waals surface area contributed by atoms with E-state index in [-0.39, 0.29) is 23.9 Å². The smallest absolute Gasteiger partial charge is 0.245 e. The van der Waals surface area contributed by atoms with Gasteiger partial charge >= 0.3 is 0 Å². The summed E-state index contributed by atoms with van der Waals surface area (Å²) in [7, 11) is 3.91. The molecule has 0 spiro atoms. The van der Waals surface area contributed by atoms with Gasteiger partial charge in [-0.15, -0.1) is 0 Å². The van der Waals surface area contributed by atoms with Crippen molar-refractivity contribution < 1.29 is 9.21 Å². The Bertz CT molecular complexity index is 1560. The predicted octanol–water partition coefficient (Wildman–Crippen LogP) is 5.46. The first-order valence-electron chi connectivity index (χ1n) is 13.5. The van der Waals surface area contributed by atoms with Crippen LogP contribution in [-0.4, -0.2) is 51.3 Å². The van der Waals surface area contributed by atoms with Gasteiger partial charge in [0.1, 0.15) is 11.9 Å². The summed E-state index contributed by atoms with van der Waals surface area (Å²) in [5, 5.41) is 0. The van der Waals surface area contributed by atoms with E-state index in [0.717, 1.165) is 58.6 Å². The zero-order valence-corrected chi connectivity index (χ0v) is 22.6. The number of carbonyl (C=O) groups is 1. The molecule has 0 saturated carbocycles. The molecule has 1 amide bonds. The van der Waals surface area contributed by atoms with Crippen LogP contribution in [-0.2, 0) is 4.79 Å². The summed E-state index contributed by atoms with van der Waals surface area (Å²) in [5.74, 6) is 2.32. The van der Waals surface area contributed by atoms with Crippen LogP contribution < -0.4 is 5.73 Å². The lowest BCUT2D eigenvalue weighted by atomic mass is 9.95. The number of oxazole rings is 1. The van der Waals surface area contributed by atoms with Crippen LogP contribution in [0, 0.1) is 0 Å². The van der Waals surface area contributed by atoms with Crippen molar-refractivity contribution in [2.75, 3.05) is 20.6 Å². The molecule has 0 radical (unpaired) electrons. The fraction of sp³-hybridized carbons (Fsp3) is 0.323. The topological polar surface area (TPSA) is 104 Å². The molecule has 39 heavy (non-hydrogen) atoms. The number of allylic oxidation sites excluding steroid dienone is 4. The number of likely N-dealkylation sites (tertiary alicyclic amines) is 1. The van der Waals surface area contributed by atoms with Crippen molar-refractivity contribution in [1.29, 1.82) is 0 Å². The number of aromatic amines is 1.